The smallest absolute Gasteiger partial charge is 0.335 e. The Hall–Kier alpha value is -2.54. The first kappa shape index (κ1) is 14.9. The molecule has 0 unspecified atom stereocenters. The van der Waals surface area contributed by atoms with Gasteiger partial charge in [0, 0.05) is 0 Å². The van der Waals surface area contributed by atoms with Gasteiger partial charge in [-0.25, -0.2) is 13.2 Å². The van der Waals surface area contributed by atoms with Gasteiger partial charge in [0.1, 0.15) is 4.90 Å². The number of nitrogens with one attached hydrogen (secondary N) is 1. The van der Waals surface area contributed by atoms with Crippen molar-refractivity contribution in [2.75, 3.05) is 10.5 Å². The standard InChI is InChI=1S/C14H14N2O4S/c1-9-4-2-3-5-12(9)16-21(19,20)13-7-6-10(14(17)18)8-11(13)15/h2-8,16H,15H2,1H3,(H,17,18). The Morgan fingerprint density at radius 3 is 2.43 bits per heavy atom. The summed E-state index contributed by atoms with van der Waals surface area (Å²) in [4.78, 5) is 10.7. The van der Waals surface area contributed by atoms with Crippen molar-refractivity contribution in [3.8, 4) is 0 Å². The summed E-state index contributed by atoms with van der Waals surface area (Å²) < 4.78 is 27.1. The van der Waals surface area contributed by atoms with E-state index in [0.717, 1.165) is 11.6 Å². The van der Waals surface area contributed by atoms with Gasteiger partial charge in [-0.05, 0) is 36.8 Å². The minimum absolute atomic E-state index is 0.0673. The minimum Gasteiger partial charge on any atom is -0.478 e. The van der Waals surface area contributed by atoms with E-state index < -0.39 is 16.0 Å². The molecule has 21 heavy (non-hydrogen) atoms. The van der Waals surface area contributed by atoms with Crippen LogP contribution in [0.1, 0.15) is 15.9 Å². The molecule has 0 radical (unpaired) electrons. The molecule has 2 aromatic rings. The van der Waals surface area contributed by atoms with E-state index in [9.17, 15) is 13.2 Å². The number of sulfonamides is 1. The molecular weight excluding hydrogens is 292 g/mol. The van der Waals surface area contributed by atoms with Crippen molar-refractivity contribution in [3.05, 3.63) is 53.6 Å². The lowest BCUT2D eigenvalue weighted by Crippen LogP contribution is -2.16. The van der Waals surface area contributed by atoms with E-state index in [1.807, 2.05) is 0 Å². The Morgan fingerprint density at radius 1 is 1.19 bits per heavy atom. The average Bonchev–Trinajstić information content (AvgIpc) is 2.40. The van der Waals surface area contributed by atoms with E-state index >= 15 is 0 Å². The van der Waals surface area contributed by atoms with Crippen LogP contribution in [0.2, 0.25) is 0 Å². The van der Waals surface area contributed by atoms with Crippen molar-refractivity contribution in [3.63, 3.8) is 0 Å². The largest absolute Gasteiger partial charge is 0.478 e. The van der Waals surface area contributed by atoms with Crippen molar-refractivity contribution in [2.24, 2.45) is 0 Å². The van der Waals surface area contributed by atoms with Crippen LogP contribution in [0.5, 0.6) is 0 Å². The third-order valence-electron chi connectivity index (χ3n) is 2.94. The van der Waals surface area contributed by atoms with Crippen molar-refractivity contribution < 1.29 is 18.3 Å². The molecule has 0 heterocycles. The molecule has 0 saturated heterocycles. The van der Waals surface area contributed by atoms with Gasteiger partial charge in [0.15, 0.2) is 0 Å². The zero-order valence-corrected chi connectivity index (χ0v) is 12.0. The lowest BCUT2D eigenvalue weighted by Gasteiger charge is -2.12. The molecule has 6 nitrogen and oxygen atoms in total. The summed E-state index contributed by atoms with van der Waals surface area (Å²) in [6.45, 7) is 1.77. The van der Waals surface area contributed by atoms with Gasteiger partial charge in [-0.2, -0.15) is 0 Å². The van der Waals surface area contributed by atoms with Crippen LogP contribution in [0.3, 0.4) is 0 Å². The number of hydrogen-bond acceptors (Lipinski definition) is 4. The zero-order chi connectivity index (χ0) is 15.6. The number of benzene rings is 2. The Balaban J connectivity index is 2.41. The molecule has 0 spiro atoms. The second-order valence-electron chi connectivity index (χ2n) is 4.48. The fourth-order valence-electron chi connectivity index (χ4n) is 1.81. The van der Waals surface area contributed by atoms with Gasteiger partial charge in [0.05, 0.1) is 16.9 Å². The van der Waals surface area contributed by atoms with Gasteiger partial charge in [0.25, 0.3) is 10.0 Å². The number of rotatable bonds is 4. The highest BCUT2D eigenvalue weighted by Crippen LogP contribution is 2.24. The average molecular weight is 306 g/mol. The van der Waals surface area contributed by atoms with Crippen LogP contribution in [0.15, 0.2) is 47.4 Å². The van der Waals surface area contributed by atoms with E-state index in [1.54, 1.807) is 31.2 Å². The number of nitrogen functional groups attached to an aromatic ring is 1. The Morgan fingerprint density at radius 2 is 1.86 bits per heavy atom. The summed E-state index contributed by atoms with van der Waals surface area (Å²) in [6.07, 6.45) is 0. The molecule has 0 bridgehead atoms. The van der Waals surface area contributed by atoms with Crippen molar-refractivity contribution in [1.82, 2.24) is 0 Å². The van der Waals surface area contributed by atoms with Crippen LogP contribution in [-0.2, 0) is 10.0 Å². The van der Waals surface area contributed by atoms with E-state index in [1.165, 1.54) is 12.1 Å². The number of para-hydroxylation sites is 1. The van der Waals surface area contributed by atoms with Crippen LogP contribution in [0.25, 0.3) is 0 Å². The van der Waals surface area contributed by atoms with E-state index in [-0.39, 0.29) is 16.1 Å². The monoisotopic (exact) mass is 306 g/mol. The SMILES string of the molecule is Cc1ccccc1NS(=O)(=O)c1ccc(C(=O)O)cc1N. The lowest BCUT2D eigenvalue weighted by atomic mass is 10.2. The molecule has 7 heteroatoms. The Bertz CT molecular complexity index is 800. The first-order valence-electron chi connectivity index (χ1n) is 6.02. The lowest BCUT2D eigenvalue weighted by molar-refractivity contribution is 0.0697. The van der Waals surface area contributed by atoms with Crippen LogP contribution in [0, 0.1) is 6.92 Å². The maximum atomic E-state index is 12.3. The summed E-state index contributed by atoms with van der Waals surface area (Å²) in [6, 6.07) is 10.4. The number of aryl methyl sites for hydroxylation is 1. The van der Waals surface area contributed by atoms with E-state index in [4.69, 9.17) is 10.8 Å². The highest BCUT2D eigenvalue weighted by atomic mass is 32.2. The predicted octanol–water partition coefficient (Wildman–Crippen LogP) is 2.08. The summed E-state index contributed by atoms with van der Waals surface area (Å²) in [5.41, 5.74) is 6.68. The molecule has 0 amide bonds. The third-order valence-corrected chi connectivity index (χ3v) is 4.38. The number of carboxylic acids is 1. The van der Waals surface area contributed by atoms with E-state index in [0.29, 0.717) is 5.69 Å². The van der Waals surface area contributed by atoms with Gasteiger partial charge >= 0.3 is 5.97 Å². The Kier molecular flexibility index (Phi) is 3.86. The molecule has 0 saturated carbocycles. The fraction of sp³-hybridized carbons (Fsp3) is 0.0714. The summed E-state index contributed by atoms with van der Waals surface area (Å²) >= 11 is 0. The predicted molar refractivity (Wildman–Crippen MR) is 79.8 cm³/mol. The molecule has 2 rings (SSSR count). The van der Waals surface area contributed by atoms with E-state index in [2.05, 4.69) is 4.72 Å². The van der Waals surface area contributed by atoms with Crippen molar-refractivity contribution in [1.29, 1.82) is 0 Å². The Labute approximate surface area is 122 Å². The quantitative estimate of drug-likeness (QED) is 0.749. The highest BCUT2D eigenvalue weighted by molar-refractivity contribution is 7.92. The summed E-state index contributed by atoms with van der Waals surface area (Å²) in [5, 5.41) is 8.85. The molecule has 0 aliphatic rings. The number of nitrogens with two attached hydrogens (primary N) is 1. The van der Waals surface area contributed by atoms with Crippen LogP contribution >= 0.6 is 0 Å². The topological polar surface area (TPSA) is 109 Å². The van der Waals surface area contributed by atoms with Crippen molar-refractivity contribution >= 4 is 27.4 Å². The minimum atomic E-state index is -3.88. The number of carbonyl (C=O) groups is 1. The fourth-order valence-corrected chi connectivity index (χ4v) is 3.06. The zero-order valence-electron chi connectivity index (χ0n) is 11.2. The maximum absolute atomic E-state index is 12.3. The molecule has 0 aromatic heterocycles. The molecule has 0 atom stereocenters. The van der Waals surface area contributed by atoms with Crippen LogP contribution in [0.4, 0.5) is 11.4 Å². The number of anilines is 2. The first-order chi connectivity index (χ1) is 9.81. The van der Waals surface area contributed by atoms with Gasteiger partial charge in [-0.3, -0.25) is 4.72 Å². The molecule has 2 aromatic carbocycles. The summed E-state index contributed by atoms with van der Waals surface area (Å²) in [7, 11) is -3.88. The molecule has 110 valence electrons. The number of hydrogen-bond donors (Lipinski definition) is 3. The van der Waals surface area contributed by atoms with Gasteiger partial charge < -0.3 is 10.8 Å². The molecule has 4 N–H and O–H groups in total. The first-order valence-corrected chi connectivity index (χ1v) is 7.51. The molecule has 0 fully saturated rings. The third kappa shape index (κ3) is 3.14. The van der Waals surface area contributed by atoms with Gasteiger partial charge in [0.2, 0.25) is 0 Å². The highest BCUT2D eigenvalue weighted by Gasteiger charge is 2.19. The molecule has 0 aliphatic carbocycles. The number of aromatic carboxylic acids is 1. The maximum Gasteiger partial charge on any atom is 0.335 e. The molecule has 0 aliphatic heterocycles. The van der Waals surface area contributed by atoms with Crippen LogP contribution < -0.4 is 10.5 Å². The van der Waals surface area contributed by atoms with Gasteiger partial charge in [-0.1, -0.05) is 18.2 Å². The normalized spacial score (nSPS) is 11.1. The molecular formula is C14H14N2O4S. The van der Waals surface area contributed by atoms with Gasteiger partial charge in [-0.15, -0.1) is 0 Å². The van der Waals surface area contributed by atoms with Crippen molar-refractivity contribution in [2.45, 2.75) is 11.8 Å². The second kappa shape index (κ2) is 5.45. The van der Waals surface area contributed by atoms with Crippen LogP contribution in [-0.4, -0.2) is 19.5 Å². The number of carboxylic acid groups (broad SMARTS) is 1. The second-order valence-corrected chi connectivity index (χ2v) is 6.13. The summed E-state index contributed by atoms with van der Waals surface area (Å²) in [5.74, 6) is -1.17.